The van der Waals surface area contributed by atoms with Gasteiger partial charge in [0.25, 0.3) is 0 Å². The fourth-order valence-corrected chi connectivity index (χ4v) is 3.92. The lowest BCUT2D eigenvalue weighted by Crippen LogP contribution is -2.32. The van der Waals surface area contributed by atoms with E-state index in [0.717, 1.165) is 35.4 Å². The molecule has 0 fully saturated rings. The first-order valence-electron chi connectivity index (χ1n) is 10.1. The van der Waals surface area contributed by atoms with E-state index in [0.29, 0.717) is 0 Å². The Hall–Kier alpha value is -3.11. The zero-order valence-electron chi connectivity index (χ0n) is 16.7. The van der Waals surface area contributed by atoms with Crippen molar-refractivity contribution in [2.75, 3.05) is 19.0 Å². The summed E-state index contributed by atoms with van der Waals surface area (Å²) in [6.45, 7) is 0.225. The second-order valence-corrected chi connectivity index (χ2v) is 7.38. The molecule has 4 heteroatoms. The van der Waals surface area contributed by atoms with Gasteiger partial charge in [-0.05, 0) is 65.8 Å². The summed E-state index contributed by atoms with van der Waals surface area (Å²) < 4.78 is 5.27. The molecule has 3 aromatic rings. The molecule has 0 saturated carbocycles. The number of rotatable bonds is 7. The molecule has 3 aromatic carbocycles. The van der Waals surface area contributed by atoms with Crippen molar-refractivity contribution >= 4 is 11.6 Å². The molecule has 2 N–H and O–H groups in total. The Morgan fingerprint density at radius 3 is 2.41 bits per heavy atom. The number of benzene rings is 3. The first kappa shape index (κ1) is 19.2. The van der Waals surface area contributed by atoms with Gasteiger partial charge in [0.15, 0.2) is 0 Å². The van der Waals surface area contributed by atoms with Crippen LogP contribution in [0, 0.1) is 0 Å². The predicted molar refractivity (Wildman–Crippen MR) is 116 cm³/mol. The average molecular weight is 386 g/mol. The van der Waals surface area contributed by atoms with E-state index in [1.807, 2.05) is 48.5 Å². The smallest absolute Gasteiger partial charge is 0.238 e. The van der Waals surface area contributed by atoms with Gasteiger partial charge in [-0.2, -0.15) is 0 Å². The van der Waals surface area contributed by atoms with Crippen LogP contribution in [0.5, 0.6) is 5.75 Å². The number of amides is 1. The van der Waals surface area contributed by atoms with Gasteiger partial charge in [-0.1, -0.05) is 48.5 Å². The Morgan fingerprint density at radius 1 is 0.931 bits per heavy atom. The van der Waals surface area contributed by atoms with Crippen molar-refractivity contribution in [2.45, 2.75) is 25.3 Å². The van der Waals surface area contributed by atoms with Crippen LogP contribution in [0.2, 0.25) is 0 Å². The fourth-order valence-electron chi connectivity index (χ4n) is 3.92. The number of hydrogen-bond donors (Lipinski definition) is 2. The summed E-state index contributed by atoms with van der Waals surface area (Å²) in [5, 5.41) is 6.44. The molecule has 4 rings (SSSR count). The quantitative estimate of drug-likeness (QED) is 0.628. The average Bonchev–Trinajstić information content (AvgIpc) is 3.23. The number of nitrogens with one attached hydrogen (secondary N) is 2. The van der Waals surface area contributed by atoms with Gasteiger partial charge < -0.3 is 10.1 Å². The maximum atomic E-state index is 12.6. The van der Waals surface area contributed by atoms with Gasteiger partial charge in [-0.3, -0.25) is 10.1 Å². The van der Waals surface area contributed by atoms with Crippen LogP contribution in [-0.2, 0) is 17.6 Å². The number of carbonyl (C=O) groups excluding carboxylic acids is 1. The molecule has 148 valence electrons. The van der Waals surface area contributed by atoms with Crippen molar-refractivity contribution in [1.82, 2.24) is 5.32 Å². The van der Waals surface area contributed by atoms with E-state index >= 15 is 0 Å². The number of ether oxygens (including phenoxy) is 1. The maximum Gasteiger partial charge on any atom is 0.238 e. The van der Waals surface area contributed by atoms with Gasteiger partial charge in [0.2, 0.25) is 5.91 Å². The molecule has 0 saturated heterocycles. The number of hydrogen-bond acceptors (Lipinski definition) is 3. The third kappa shape index (κ3) is 4.66. The van der Waals surface area contributed by atoms with Crippen LogP contribution in [0.1, 0.15) is 34.7 Å². The van der Waals surface area contributed by atoms with Crippen LogP contribution in [0.25, 0.3) is 0 Å². The number of carbonyl (C=O) groups is 1. The number of anilines is 1. The van der Waals surface area contributed by atoms with Crippen molar-refractivity contribution in [3.63, 3.8) is 0 Å². The van der Waals surface area contributed by atoms with Gasteiger partial charge in [-0.15, -0.1) is 0 Å². The molecule has 1 unspecified atom stereocenters. The molecule has 1 aliphatic carbocycles. The van der Waals surface area contributed by atoms with Crippen molar-refractivity contribution < 1.29 is 9.53 Å². The molecule has 0 bridgehead atoms. The number of fused-ring (bicyclic) bond motifs is 1. The highest BCUT2D eigenvalue weighted by Crippen LogP contribution is 2.26. The molecule has 0 radical (unpaired) electrons. The van der Waals surface area contributed by atoms with Crippen LogP contribution < -0.4 is 15.4 Å². The van der Waals surface area contributed by atoms with Crippen molar-refractivity contribution in [1.29, 1.82) is 0 Å². The highest BCUT2D eigenvalue weighted by molar-refractivity contribution is 5.92. The zero-order valence-corrected chi connectivity index (χ0v) is 16.7. The number of aryl methyl sites for hydroxylation is 2. The molecule has 0 spiro atoms. The highest BCUT2D eigenvalue weighted by Gasteiger charge is 2.16. The predicted octanol–water partition coefficient (Wildman–Crippen LogP) is 4.50. The minimum Gasteiger partial charge on any atom is -0.497 e. The Kier molecular flexibility index (Phi) is 5.92. The third-order valence-corrected chi connectivity index (χ3v) is 5.43. The topological polar surface area (TPSA) is 50.4 Å². The standard InChI is InChI=1S/C25H26N2O2/c1-29-23-14-11-20(12-15-23)25(19-6-3-2-4-7-19)26-17-24(28)27-22-13-10-18-8-5-9-21(18)16-22/h2-4,6-7,10-16,25-26H,5,8-9,17H2,1H3,(H,27,28). The van der Waals surface area contributed by atoms with Crippen LogP contribution in [0.15, 0.2) is 72.8 Å². The highest BCUT2D eigenvalue weighted by atomic mass is 16.5. The molecule has 1 atom stereocenters. The van der Waals surface area contributed by atoms with E-state index in [1.165, 1.54) is 17.5 Å². The first-order chi connectivity index (χ1) is 14.2. The summed E-state index contributed by atoms with van der Waals surface area (Å²) in [6.07, 6.45) is 3.45. The summed E-state index contributed by atoms with van der Waals surface area (Å²) >= 11 is 0. The summed E-state index contributed by atoms with van der Waals surface area (Å²) in [4.78, 5) is 12.6. The van der Waals surface area contributed by atoms with Gasteiger partial charge in [-0.25, -0.2) is 0 Å². The minimum absolute atomic E-state index is 0.0441. The maximum absolute atomic E-state index is 12.6. The Labute approximate surface area is 171 Å². The lowest BCUT2D eigenvalue weighted by atomic mass is 9.98. The van der Waals surface area contributed by atoms with E-state index in [-0.39, 0.29) is 18.5 Å². The molecule has 0 aliphatic heterocycles. The van der Waals surface area contributed by atoms with E-state index in [2.05, 4.69) is 34.9 Å². The Balaban J connectivity index is 1.45. The molecule has 0 aromatic heterocycles. The lowest BCUT2D eigenvalue weighted by Gasteiger charge is -2.20. The number of methoxy groups -OCH3 is 1. The molecule has 0 heterocycles. The summed E-state index contributed by atoms with van der Waals surface area (Å²) in [5.74, 6) is 0.771. The molecular formula is C25H26N2O2. The Bertz CT molecular complexity index is 968. The van der Waals surface area contributed by atoms with Gasteiger partial charge in [0.05, 0.1) is 19.7 Å². The molecule has 4 nitrogen and oxygen atoms in total. The van der Waals surface area contributed by atoms with Crippen molar-refractivity contribution in [3.8, 4) is 5.75 Å². The van der Waals surface area contributed by atoms with Gasteiger partial charge in [0.1, 0.15) is 5.75 Å². The zero-order chi connectivity index (χ0) is 20.1. The second kappa shape index (κ2) is 8.93. The summed E-state index contributed by atoms with van der Waals surface area (Å²) in [6, 6.07) is 24.3. The molecule has 29 heavy (non-hydrogen) atoms. The van der Waals surface area contributed by atoms with Crippen LogP contribution in [-0.4, -0.2) is 19.6 Å². The lowest BCUT2D eigenvalue weighted by molar-refractivity contribution is -0.115. The normalized spacial score (nSPS) is 13.6. The first-order valence-corrected chi connectivity index (χ1v) is 10.1. The van der Waals surface area contributed by atoms with Crippen LogP contribution in [0.3, 0.4) is 0 Å². The van der Waals surface area contributed by atoms with E-state index in [4.69, 9.17) is 4.74 Å². The van der Waals surface area contributed by atoms with Gasteiger partial charge in [0, 0.05) is 5.69 Å². The monoisotopic (exact) mass is 386 g/mol. The molecule has 1 aliphatic rings. The second-order valence-electron chi connectivity index (χ2n) is 7.38. The summed E-state index contributed by atoms with van der Waals surface area (Å²) in [7, 11) is 1.66. The van der Waals surface area contributed by atoms with E-state index in [9.17, 15) is 4.79 Å². The van der Waals surface area contributed by atoms with E-state index in [1.54, 1.807) is 7.11 Å². The van der Waals surface area contributed by atoms with Crippen molar-refractivity contribution in [2.24, 2.45) is 0 Å². The Morgan fingerprint density at radius 2 is 1.66 bits per heavy atom. The molecule has 1 amide bonds. The largest absolute Gasteiger partial charge is 0.497 e. The SMILES string of the molecule is COc1ccc(C(NCC(=O)Nc2ccc3c(c2)CCC3)c2ccccc2)cc1. The fraction of sp³-hybridized carbons (Fsp3) is 0.240. The summed E-state index contributed by atoms with van der Waals surface area (Å²) in [5.41, 5.74) is 5.84. The minimum atomic E-state index is -0.0760. The van der Waals surface area contributed by atoms with Crippen LogP contribution in [0.4, 0.5) is 5.69 Å². The van der Waals surface area contributed by atoms with Crippen LogP contribution >= 0.6 is 0 Å². The van der Waals surface area contributed by atoms with Gasteiger partial charge >= 0.3 is 0 Å². The molecular weight excluding hydrogens is 360 g/mol. The van der Waals surface area contributed by atoms with E-state index < -0.39 is 0 Å². The van der Waals surface area contributed by atoms with Crippen molar-refractivity contribution in [3.05, 3.63) is 95.1 Å². The third-order valence-electron chi connectivity index (χ3n) is 5.43.